The smallest absolute Gasteiger partial charge is 0.210 e. The molecule has 1 aromatic heterocycles. The van der Waals surface area contributed by atoms with Crippen LogP contribution in [0.25, 0.3) is 0 Å². The van der Waals surface area contributed by atoms with Crippen LogP contribution in [-0.2, 0) is 0 Å². The van der Waals surface area contributed by atoms with Crippen LogP contribution < -0.4 is 5.32 Å². The third-order valence-corrected chi connectivity index (χ3v) is 6.12. The molecule has 0 bridgehead atoms. The minimum Gasteiger partial charge on any atom is -0.330 e. The van der Waals surface area contributed by atoms with Gasteiger partial charge in [0.15, 0.2) is 10.1 Å². The molecule has 0 saturated heterocycles. The first kappa shape index (κ1) is 18.6. The maximum atomic E-state index is 12.6. The van der Waals surface area contributed by atoms with Gasteiger partial charge in [0, 0.05) is 11.3 Å². The van der Waals surface area contributed by atoms with Crippen LogP contribution in [0.4, 0.5) is 10.8 Å². The van der Waals surface area contributed by atoms with Gasteiger partial charge >= 0.3 is 0 Å². The fourth-order valence-corrected chi connectivity index (χ4v) is 4.29. The first-order valence-electron chi connectivity index (χ1n) is 8.33. The van der Waals surface area contributed by atoms with Gasteiger partial charge in [-0.15, -0.1) is 10.2 Å². The van der Waals surface area contributed by atoms with Crippen molar-refractivity contribution in [3.8, 4) is 0 Å². The zero-order chi connectivity index (χ0) is 18.7. The minimum absolute atomic E-state index is 0.124. The van der Waals surface area contributed by atoms with Gasteiger partial charge in [0.1, 0.15) is 0 Å². The van der Waals surface area contributed by atoms with Crippen molar-refractivity contribution >= 4 is 39.7 Å². The van der Waals surface area contributed by atoms with Crippen molar-refractivity contribution in [2.75, 3.05) is 11.1 Å². The summed E-state index contributed by atoms with van der Waals surface area (Å²) in [5.41, 5.74) is 6.34. The lowest BCUT2D eigenvalue weighted by molar-refractivity contribution is 0.102. The Hall–Kier alpha value is -2.18. The molecule has 26 heavy (non-hydrogen) atoms. The maximum Gasteiger partial charge on any atom is 0.210 e. The molecule has 0 aliphatic heterocycles. The molecule has 0 unspecified atom stereocenters. The van der Waals surface area contributed by atoms with Gasteiger partial charge in [-0.1, -0.05) is 41.3 Å². The average molecular weight is 384 g/mol. The lowest BCUT2D eigenvalue weighted by atomic mass is 9.99. The van der Waals surface area contributed by atoms with Gasteiger partial charge in [-0.3, -0.25) is 4.79 Å². The van der Waals surface area contributed by atoms with Crippen LogP contribution in [0.15, 0.2) is 40.7 Å². The SMILES string of the molecule is Cc1cccc(Nc2nnc(SCC(=O)c3cc(C)c(C)cc3C)s2)c1. The Kier molecular flexibility index (Phi) is 5.74. The summed E-state index contributed by atoms with van der Waals surface area (Å²) in [4.78, 5) is 12.6. The van der Waals surface area contributed by atoms with E-state index in [0.717, 1.165) is 31.8 Å². The summed E-state index contributed by atoms with van der Waals surface area (Å²) in [7, 11) is 0. The molecule has 0 fully saturated rings. The van der Waals surface area contributed by atoms with Crippen molar-refractivity contribution in [2.24, 2.45) is 0 Å². The third-order valence-electron chi connectivity index (χ3n) is 4.14. The monoisotopic (exact) mass is 383 g/mol. The molecule has 0 aliphatic carbocycles. The van der Waals surface area contributed by atoms with Gasteiger partial charge in [0.05, 0.1) is 5.75 Å². The molecule has 1 heterocycles. The fraction of sp³-hybridized carbons (Fsp3) is 0.250. The maximum absolute atomic E-state index is 12.6. The number of benzene rings is 2. The van der Waals surface area contributed by atoms with E-state index >= 15 is 0 Å². The van der Waals surface area contributed by atoms with E-state index < -0.39 is 0 Å². The van der Waals surface area contributed by atoms with Gasteiger partial charge < -0.3 is 5.32 Å². The molecule has 0 saturated carbocycles. The predicted octanol–water partition coefficient (Wildman–Crippen LogP) is 5.49. The predicted molar refractivity (Wildman–Crippen MR) is 110 cm³/mol. The van der Waals surface area contributed by atoms with Crippen molar-refractivity contribution < 1.29 is 4.79 Å². The molecular weight excluding hydrogens is 362 g/mol. The highest BCUT2D eigenvalue weighted by molar-refractivity contribution is 8.01. The minimum atomic E-state index is 0.124. The first-order valence-corrected chi connectivity index (χ1v) is 10.1. The molecule has 0 spiro atoms. The number of ketones is 1. The molecule has 134 valence electrons. The number of rotatable bonds is 6. The Morgan fingerprint density at radius 2 is 1.81 bits per heavy atom. The molecule has 3 aromatic rings. The van der Waals surface area contributed by atoms with Gasteiger partial charge in [0.2, 0.25) is 5.13 Å². The Bertz CT molecular complexity index is 950. The second-order valence-corrected chi connectivity index (χ2v) is 8.53. The third kappa shape index (κ3) is 4.51. The topological polar surface area (TPSA) is 54.9 Å². The van der Waals surface area contributed by atoms with Gasteiger partial charge in [0.25, 0.3) is 0 Å². The molecule has 3 rings (SSSR count). The van der Waals surface area contributed by atoms with Crippen LogP contribution in [0, 0.1) is 27.7 Å². The molecule has 0 amide bonds. The Labute approximate surface area is 162 Å². The zero-order valence-corrected chi connectivity index (χ0v) is 16.9. The van der Waals surface area contributed by atoms with Gasteiger partial charge in [-0.25, -0.2) is 0 Å². The van der Waals surface area contributed by atoms with Crippen LogP contribution in [0.3, 0.4) is 0 Å². The van der Waals surface area contributed by atoms with E-state index in [1.54, 1.807) is 0 Å². The van der Waals surface area contributed by atoms with E-state index in [4.69, 9.17) is 0 Å². The molecule has 0 radical (unpaired) electrons. The van der Waals surface area contributed by atoms with Crippen molar-refractivity contribution in [3.63, 3.8) is 0 Å². The number of nitrogens with zero attached hydrogens (tertiary/aromatic N) is 2. The highest BCUT2D eigenvalue weighted by Crippen LogP contribution is 2.29. The number of aromatic nitrogens is 2. The molecule has 0 aliphatic rings. The second-order valence-electron chi connectivity index (χ2n) is 6.33. The van der Waals surface area contributed by atoms with Crippen LogP contribution in [0.1, 0.15) is 32.6 Å². The summed E-state index contributed by atoms with van der Waals surface area (Å²) >= 11 is 2.89. The van der Waals surface area contributed by atoms with Gasteiger partial charge in [-0.2, -0.15) is 0 Å². The number of hydrogen-bond acceptors (Lipinski definition) is 6. The number of nitrogens with one attached hydrogen (secondary N) is 1. The van der Waals surface area contributed by atoms with Crippen LogP contribution in [0.2, 0.25) is 0 Å². The number of anilines is 2. The normalized spacial score (nSPS) is 10.8. The zero-order valence-electron chi connectivity index (χ0n) is 15.3. The fourth-order valence-electron chi connectivity index (χ4n) is 2.63. The van der Waals surface area contributed by atoms with Crippen molar-refractivity contribution in [2.45, 2.75) is 32.0 Å². The summed E-state index contributed by atoms with van der Waals surface area (Å²) in [6, 6.07) is 12.2. The summed E-state index contributed by atoms with van der Waals surface area (Å²) in [5.74, 6) is 0.488. The van der Waals surface area contributed by atoms with E-state index in [1.807, 2.05) is 45.0 Å². The Morgan fingerprint density at radius 3 is 2.58 bits per heavy atom. The molecule has 0 atom stereocenters. The summed E-state index contributed by atoms with van der Waals surface area (Å²) in [6.45, 7) is 8.13. The van der Waals surface area contributed by atoms with E-state index in [-0.39, 0.29) is 5.78 Å². The van der Waals surface area contributed by atoms with E-state index in [2.05, 4.69) is 34.6 Å². The van der Waals surface area contributed by atoms with Crippen LogP contribution in [-0.4, -0.2) is 21.7 Å². The van der Waals surface area contributed by atoms with Crippen LogP contribution >= 0.6 is 23.1 Å². The molecule has 2 aromatic carbocycles. The molecular formula is C20H21N3OS2. The highest BCUT2D eigenvalue weighted by atomic mass is 32.2. The lowest BCUT2D eigenvalue weighted by Gasteiger charge is -2.08. The number of thioether (sulfide) groups is 1. The highest BCUT2D eigenvalue weighted by Gasteiger charge is 2.13. The Morgan fingerprint density at radius 1 is 1.04 bits per heavy atom. The van der Waals surface area contributed by atoms with E-state index in [9.17, 15) is 4.79 Å². The number of Topliss-reactive ketones (excluding diaryl/α,β-unsaturated/α-hetero) is 1. The van der Waals surface area contributed by atoms with E-state index in [1.165, 1.54) is 34.2 Å². The molecule has 6 heteroatoms. The standard InChI is InChI=1S/C20H21N3OS2/c1-12-6-5-7-16(8-12)21-19-22-23-20(26-19)25-11-18(24)17-10-14(3)13(2)9-15(17)4/h5-10H,11H2,1-4H3,(H,21,22). The number of aryl methyl sites for hydroxylation is 4. The number of carbonyl (C=O) groups is 1. The quantitative estimate of drug-likeness (QED) is 0.450. The van der Waals surface area contributed by atoms with Crippen LogP contribution in [0.5, 0.6) is 0 Å². The van der Waals surface area contributed by atoms with Crippen molar-refractivity contribution in [1.29, 1.82) is 0 Å². The summed E-state index contributed by atoms with van der Waals surface area (Å²) in [6.07, 6.45) is 0. The van der Waals surface area contributed by atoms with Gasteiger partial charge in [-0.05, 0) is 68.1 Å². The first-order chi connectivity index (χ1) is 12.4. The van der Waals surface area contributed by atoms with Crippen molar-refractivity contribution in [1.82, 2.24) is 10.2 Å². The largest absolute Gasteiger partial charge is 0.330 e. The summed E-state index contributed by atoms with van der Waals surface area (Å²) in [5, 5.41) is 12.3. The average Bonchev–Trinajstić information content (AvgIpc) is 3.03. The number of carbonyl (C=O) groups excluding carboxylic acids is 1. The summed E-state index contributed by atoms with van der Waals surface area (Å²) < 4.78 is 0.787. The Balaban J connectivity index is 1.63. The lowest BCUT2D eigenvalue weighted by Crippen LogP contribution is -2.06. The molecule has 1 N–H and O–H groups in total. The van der Waals surface area contributed by atoms with E-state index in [0.29, 0.717) is 5.75 Å². The number of hydrogen-bond donors (Lipinski definition) is 1. The van der Waals surface area contributed by atoms with Crippen molar-refractivity contribution in [3.05, 3.63) is 64.2 Å². The molecule has 4 nitrogen and oxygen atoms in total. The second kappa shape index (κ2) is 8.01.